The third kappa shape index (κ3) is 6.61. The normalized spacial score (nSPS) is 11.9. The van der Waals surface area contributed by atoms with Gasteiger partial charge in [0.2, 0.25) is 0 Å². The molecule has 0 unspecified atom stereocenters. The van der Waals surface area contributed by atoms with E-state index in [1.807, 2.05) is 31.2 Å². The summed E-state index contributed by atoms with van der Waals surface area (Å²) in [5, 5.41) is 11.6. The maximum absolute atomic E-state index is 11.5. The van der Waals surface area contributed by atoms with Gasteiger partial charge in [-0.25, -0.2) is 9.59 Å². The summed E-state index contributed by atoms with van der Waals surface area (Å²) in [6.07, 6.45) is 0.895. The zero-order valence-corrected chi connectivity index (χ0v) is 12.8. The molecule has 1 rings (SSSR count). The largest absolute Gasteiger partial charge is 0.478 e. The SMILES string of the molecule is Cc1cccc(/C=C(\CNC(=O)OC(C)(C)C)C(=O)O)c1. The van der Waals surface area contributed by atoms with Gasteiger partial charge >= 0.3 is 12.1 Å². The van der Waals surface area contributed by atoms with Crippen LogP contribution in [0.15, 0.2) is 29.8 Å². The molecule has 0 heterocycles. The first kappa shape index (κ1) is 16.8. The van der Waals surface area contributed by atoms with Crippen LogP contribution in [0.4, 0.5) is 4.79 Å². The summed E-state index contributed by atoms with van der Waals surface area (Å²) in [6, 6.07) is 7.46. The van der Waals surface area contributed by atoms with E-state index in [0.717, 1.165) is 11.1 Å². The third-order valence-corrected chi connectivity index (χ3v) is 2.48. The first-order valence-corrected chi connectivity index (χ1v) is 6.65. The Morgan fingerprint density at radius 1 is 1.33 bits per heavy atom. The molecule has 1 amide bonds. The molecule has 0 fully saturated rings. The van der Waals surface area contributed by atoms with Crippen LogP contribution in [0.3, 0.4) is 0 Å². The molecular formula is C16H21NO4. The van der Waals surface area contributed by atoms with Gasteiger partial charge in [0.15, 0.2) is 0 Å². The van der Waals surface area contributed by atoms with Crippen LogP contribution in [0, 0.1) is 6.92 Å². The fourth-order valence-electron chi connectivity index (χ4n) is 1.63. The number of nitrogens with one attached hydrogen (secondary N) is 1. The van der Waals surface area contributed by atoms with E-state index in [1.165, 1.54) is 6.08 Å². The first-order chi connectivity index (χ1) is 9.67. The predicted octanol–water partition coefficient (Wildman–Crippen LogP) is 2.99. The predicted molar refractivity (Wildman–Crippen MR) is 81.0 cm³/mol. The zero-order chi connectivity index (χ0) is 16.0. The van der Waals surface area contributed by atoms with Crippen molar-refractivity contribution in [1.82, 2.24) is 5.32 Å². The Labute approximate surface area is 124 Å². The minimum atomic E-state index is -1.08. The average molecular weight is 291 g/mol. The van der Waals surface area contributed by atoms with E-state index < -0.39 is 17.7 Å². The molecule has 2 N–H and O–H groups in total. The van der Waals surface area contributed by atoms with Gasteiger partial charge in [0.25, 0.3) is 0 Å². The number of carbonyl (C=O) groups excluding carboxylic acids is 1. The third-order valence-electron chi connectivity index (χ3n) is 2.48. The number of carbonyl (C=O) groups is 2. The standard InChI is InChI=1S/C16H21NO4/c1-11-6-5-7-12(8-11)9-13(14(18)19)10-17-15(20)21-16(2,3)4/h5-9H,10H2,1-4H3,(H,17,20)(H,18,19)/b13-9+. The number of benzene rings is 1. The number of aryl methyl sites for hydroxylation is 1. The summed E-state index contributed by atoms with van der Waals surface area (Å²) in [5.74, 6) is -1.08. The molecule has 0 aliphatic heterocycles. The second kappa shape index (κ2) is 6.92. The van der Waals surface area contributed by atoms with Crippen LogP contribution in [-0.2, 0) is 9.53 Å². The zero-order valence-electron chi connectivity index (χ0n) is 12.8. The molecule has 1 aromatic carbocycles. The highest BCUT2D eigenvalue weighted by molar-refractivity contribution is 5.93. The van der Waals surface area contributed by atoms with Crippen molar-refractivity contribution in [3.63, 3.8) is 0 Å². The van der Waals surface area contributed by atoms with E-state index in [-0.39, 0.29) is 12.1 Å². The Kier molecular flexibility index (Phi) is 5.52. The van der Waals surface area contributed by atoms with Gasteiger partial charge in [-0.15, -0.1) is 0 Å². The highest BCUT2D eigenvalue weighted by Gasteiger charge is 2.17. The lowest BCUT2D eigenvalue weighted by Crippen LogP contribution is -2.34. The number of amides is 1. The maximum Gasteiger partial charge on any atom is 0.407 e. The highest BCUT2D eigenvalue weighted by Crippen LogP contribution is 2.10. The van der Waals surface area contributed by atoms with Gasteiger partial charge < -0.3 is 15.2 Å². The molecule has 21 heavy (non-hydrogen) atoms. The lowest BCUT2D eigenvalue weighted by atomic mass is 10.1. The van der Waals surface area contributed by atoms with E-state index >= 15 is 0 Å². The number of ether oxygens (including phenoxy) is 1. The number of hydrogen-bond donors (Lipinski definition) is 2. The minimum absolute atomic E-state index is 0.0893. The summed E-state index contributed by atoms with van der Waals surface area (Å²) in [4.78, 5) is 22.8. The Bertz CT molecular complexity index is 556. The van der Waals surface area contributed by atoms with E-state index in [0.29, 0.717) is 0 Å². The molecule has 0 saturated heterocycles. The molecular weight excluding hydrogens is 270 g/mol. The van der Waals surface area contributed by atoms with E-state index in [2.05, 4.69) is 5.32 Å². The van der Waals surface area contributed by atoms with Crippen LogP contribution in [0.25, 0.3) is 6.08 Å². The number of carboxylic acid groups (broad SMARTS) is 1. The Balaban J connectivity index is 2.75. The van der Waals surface area contributed by atoms with Gasteiger partial charge in [-0.05, 0) is 39.3 Å². The molecule has 114 valence electrons. The Hall–Kier alpha value is -2.30. The second-order valence-corrected chi connectivity index (χ2v) is 5.74. The van der Waals surface area contributed by atoms with Crippen molar-refractivity contribution in [3.8, 4) is 0 Å². The van der Waals surface area contributed by atoms with Crippen molar-refractivity contribution in [2.75, 3.05) is 6.54 Å². The van der Waals surface area contributed by atoms with Crippen molar-refractivity contribution in [2.24, 2.45) is 0 Å². The summed E-state index contributed by atoms with van der Waals surface area (Å²) >= 11 is 0. The van der Waals surface area contributed by atoms with E-state index in [9.17, 15) is 14.7 Å². The fraction of sp³-hybridized carbons (Fsp3) is 0.375. The van der Waals surface area contributed by atoms with Crippen LogP contribution in [0.1, 0.15) is 31.9 Å². The molecule has 5 heteroatoms. The van der Waals surface area contributed by atoms with Crippen LogP contribution in [-0.4, -0.2) is 29.3 Å². The van der Waals surface area contributed by atoms with E-state index in [4.69, 9.17) is 4.74 Å². The smallest absolute Gasteiger partial charge is 0.407 e. The van der Waals surface area contributed by atoms with Crippen LogP contribution >= 0.6 is 0 Å². The van der Waals surface area contributed by atoms with Crippen molar-refractivity contribution >= 4 is 18.1 Å². The summed E-state index contributed by atoms with van der Waals surface area (Å²) < 4.78 is 5.07. The number of hydrogen-bond acceptors (Lipinski definition) is 3. The number of carboxylic acids is 1. The monoisotopic (exact) mass is 291 g/mol. The number of alkyl carbamates (subject to hydrolysis) is 1. The van der Waals surface area contributed by atoms with Crippen molar-refractivity contribution < 1.29 is 19.4 Å². The molecule has 0 aromatic heterocycles. The molecule has 0 atom stereocenters. The Morgan fingerprint density at radius 2 is 2.00 bits per heavy atom. The van der Waals surface area contributed by atoms with Crippen LogP contribution in [0.5, 0.6) is 0 Å². The lowest BCUT2D eigenvalue weighted by molar-refractivity contribution is -0.132. The molecule has 0 aliphatic rings. The maximum atomic E-state index is 11.5. The van der Waals surface area contributed by atoms with Gasteiger partial charge in [0, 0.05) is 0 Å². The van der Waals surface area contributed by atoms with Crippen LogP contribution < -0.4 is 5.32 Å². The van der Waals surface area contributed by atoms with Gasteiger partial charge in [-0.1, -0.05) is 29.8 Å². The quantitative estimate of drug-likeness (QED) is 0.836. The van der Waals surface area contributed by atoms with Gasteiger partial charge in [0.05, 0.1) is 12.1 Å². The first-order valence-electron chi connectivity index (χ1n) is 6.65. The van der Waals surface area contributed by atoms with Crippen LogP contribution in [0.2, 0.25) is 0 Å². The minimum Gasteiger partial charge on any atom is -0.478 e. The summed E-state index contributed by atoms with van der Waals surface area (Å²) in [7, 11) is 0. The lowest BCUT2D eigenvalue weighted by Gasteiger charge is -2.19. The van der Waals surface area contributed by atoms with Gasteiger partial charge in [-0.2, -0.15) is 0 Å². The highest BCUT2D eigenvalue weighted by atomic mass is 16.6. The topological polar surface area (TPSA) is 75.6 Å². The molecule has 5 nitrogen and oxygen atoms in total. The van der Waals surface area contributed by atoms with Crippen molar-refractivity contribution in [3.05, 3.63) is 41.0 Å². The molecule has 0 spiro atoms. The van der Waals surface area contributed by atoms with E-state index in [1.54, 1.807) is 20.8 Å². The summed E-state index contributed by atoms with van der Waals surface area (Å²) in [6.45, 7) is 7.06. The van der Waals surface area contributed by atoms with Crippen molar-refractivity contribution in [1.29, 1.82) is 0 Å². The number of aliphatic carboxylic acids is 1. The molecule has 0 bridgehead atoms. The summed E-state index contributed by atoms with van der Waals surface area (Å²) in [5.41, 5.74) is 1.28. The fourth-order valence-corrected chi connectivity index (χ4v) is 1.63. The van der Waals surface area contributed by atoms with Gasteiger partial charge in [0.1, 0.15) is 5.60 Å². The molecule has 0 radical (unpaired) electrons. The molecule has 1 aromatic rings. The molecule has 0 saturated carbocycles. The Morgan fingerprint density at radius 3 is 2.52 bits per heavy atom. The second-order valence-electron chi connectivity index (χ2n) is 5.74. The van der Waals surface area contributed by atoms with Crippen molar-refractivity contribution in [2.45, 2.75) is 33.3 Å². The molecule has 0 aliphatic carbocycles. The van der Waals surface area contributed by atoms with Gasteiger partial charge in [-0.3, -0.25) is 0 Å². The number of rotatable bonds is 4. The average Bonchev–Trinajstić information content (AvgIpc) is 2.32.